The average molecular weight is 444 g/mol. The molecule has 1 unspecified atom stereocenters. The molecular formula is C20H21FN6O3S. The van der Waals surface area contributed by atoms with E-state index in [0.717, 1.165) is 0 Å². The quantitative estimate of drug-likeness (QED) is 0.261. The van der Waals surface area contributed by atoms with Crippen LogP contribution < -0.4 is 20.7 Å². The molecule has 1 atom stereocenters. The van der Waals surface area contributed by atoms with Crippen molar-refractivity contribution in [3.63, 3.8) is 0 Å². The summed E-state index contributed by atoms with van der Waals surface area (Å²) in [5.41, 5.74) is 0.957. The second-order valence-corrected chi connectivity index (χ2v) is 7.52. The van der Waals surface area contributed by atoms with E-state index in [4.69, 9.17) is 4.74 Å². The Kier molecular flexibility index (Phi) is 7.57. The third-order valence-electron chi connectivity index (χ3n) is 4.01. The molecule has 0 radical (unpaired) electrons. The predicted octanol–water partition coefficient (Wildman–Crippen LogP) is 2.34. The van der Waals surface area contributed by atoms with Crippen LogP contribution in [0.1, 0.15) is 10.4 Å². The monoisotopic (exact) mass is 444 g/mol. The number of halogens is 1. The first-order valence-electron chi connectivity index (χ1n) is 9.22. The lowest BCUT2D eigenvalue weighted by atomic mass is 10.2. The highest BCUT2D eigenvalue weighted by Gasteiger charge is 2.14. The Balaban J connectivity index is 1.62. The summed E-state index contributed by atoms with van der Waals surface area (Å²) in [4.78, 5) is 24.7. The molecule has 0 aliphatic heterocycles. The fraction of sp³-hybridized carbons (Fsp3) is 0.200. The molecule has 0 spiro atoms. The summed E-state index contributed by atoms with van der Waals surface area (Å²) in [5, 5.41) is 8.99. The van der Waals surface area contributed by atoms with Crippen LogP contribution in [0.15, 0.2) is 53.8 Å². The number of benzene rings is 1. The van der Waals surface area contributed by atoms with Crippen molar-refractivity contribution in [3.8, 4) is 5.88 Å². The fourth-order valence-corrected chi connectivity index (χ4v) is 3.03. The van der Waals surface area contributed by atoms with Gasteiger partial charge in [0.25, 0.3) is 5.91 Å². The molecule has 31 heavy (non-hydrogen) atoms. The van der Waals surface area contributed by atoms with Crippen LogP contribution in [0.3, 0.4) is 0 Å². The molecule has 2 aromatic heterocycles. The number of carbonyl (C=O) groups is 1. The van der Waals surface area contributed by atoms with Crippen LogP contribution >= 0.6 is 0 Å². The number of hydrogen-bond donors (Lipinski definition) is 3. The van der Waals surface area contributed by atoms with Crippen molar-refractivity contribution >= 4 is 34.4 Å². The van der Waals surface area contributed by atoms with E-state index in [9.17, 15) is 13.7 Å². The highest BCUT2D eigenvalue weighted by atomic mass is 32.2. The first-order valence-corrected chi connectivity index (χ1v) is 10.8. The fourth-order valence-electron chi connectivity index (χ4n) is 2.58. The van der Waals surface area contributed by atoms with Crippen molar-refractivity contribution in [3.05, 3.63) is 60.0 Å². The van der Waals surface area contributed by atoms with Crippen molar-refractivity contribution in [2.24, 2.45) is 0 Å². The number of amides is 1. The van der Waals surface area contributed by atoms with E-state index in [0.29, 0.717) is 36.0 Å². The Bertz CT molecular complexity index is 1040. The molecule has 0 saturated heterocycles. The van der Waals surface area contributed by atoms with Crippen molar-refractivity contribution in [1.82, 2.24) is 20.3 Å². The summed E-state index contributed by atoms with van der Waals surface area (Å²) in [6.07, 6.45) is 3.02. The van der Waals surface area contributed by atoms with Crippen LogP contribution in [0, 0.1) is 5.82 Å². The van der Waals surface area contributed by atoms with Gasteiger partial charge in [0, 0.05) is 42.2 Å². The highest BCUT2D eigenvalue weighted by molar-refractivity contribution is 7.90. The van der Waals surface area contributed by atoms with Gasteiger partial charge in [0.15, 0.2) is 0 Å². The van der Waals surface area contributed by atoms with Crippen molar-refractivity contribution in [2.75, 3.05) is 37.1 Å². The maximum Gasteiger partial charge on any atom is 0.346 e. The summed E-state index contributed by atoms with van der Waals surface area (Å²) >= 11 is -1.41. The number of aromatic nitrogens is 3. The topological polar surface area (TPSA) is 124 Å². The van der Waals surface area contributed by atoms with Crippen LogP contribution in [0.2, 0.25) is 0 Å². The Hall–Kier alpha value is -3.44. The number of pyridine rings is 1. The minimum Gasteiger partial charge on any atom is -0.609 e. The van der Waals surface area contributed by atoms with Gasteiger partial charge in [-0.05, 0) is 36.4 Å². The van der Waals surface area contributed by atoms with Crippen LogP contribution in [-0.2, 0) is 11.2 Å². The van der Waals surface area contributed by atoms with Gasteiger partial charge in [-0.1, -0.05) is 0 Å². The number of anilines is 3. The molecule has 3 rings (SSSR count). The van der Waals surface area contributed by atoms with Crippen molar-refractivity contribution < 1.29 is 18.5 Å². The molecule has 9 nitrogen and oxygen atoms in total. The van der Waals surface area contributed by atoms with Crippen LogP contribution in [0.25, 0.3) is 0 Å². The maximum absolute atomic E-state index is 13.1. The zero-order chi connectivity index (χ0) is 22.2. The molecule has 3 aromatic rings. The summed E-state index contributed by atoms with van der Waals surface area (Å²) in [6, 6.07) is 10.7. The van der Waals surface area contributed by atoms with Gasteiger partial charge in [0.2, 0.25) is 5.88 Å². The van der Waals surface area contributed by atoms with E-state index in [1.165, 1.54) is 25.5 Å². The number of nitrogens with one attached hydrogen (secondary N) is 3. The Morgan fingerprint density at radius 1 is 1.16 bits per heavy atom. The van der Waals surface area contributed by atoms with E-state index in [2.05, 4.69) is 30.9 Å². The molecule has 11 heteroatoms. The van der Waals surface area contributed by atoms with E-state index in [1.807, 2.05) is 0 Å². The van der Waals surface area contributed by atoms with Gasteiger partial charge in [-0.2, -0.15) is 9.97 Å². The molecule has 0 aliphatic carbocycles. The van der Waals surface area contributed by atoms with Crippen LogP contribution in [0.5, 0.6) is 5.88 Å². The number of ether oxygens (including phenoxy) is 1. The molecule has 0 fully saturated rings. The zero-order valence-electron chi connectivity index (χ0n) is 16.9. The average Bonchev–Trinajstić information content (AvgIpc) is 2.78. The molecule has 2 heterocycles. The van der Waals surface area contributed by atoms with Crippen LogP contribution in [0.4, 0.5) is 21.7 Å². The minimum atomic E-state index is -1.41. The first-order chi connectivity index (χ1) is 15.0. The maximum atomic E-state index is 13.1. The van der Waals surface area contributed by atoms with Crippen molar-refractivity contribution in [1.29, 1.82) is 0 Å². The molecule has 1 aromatic carbocycles. The summed E-state index contributed by atoms with van der Waals surface area (Å²) in [5.74, 6) is 0.409. The Labute approximate surface area is 181 Å². The van der Waals surface area contributed by atoms with Gasteiger partial charge >= 0.3 is 5.16 Å². The zero-order valence-corrected chi connectivity index (χ0v) is 17.7. The van der Waals surface area contributed by atoms with Gasteiger partial charge < -0.3 is 25.2 Å². The lowest BCUT2D eigenvalue weighted by Gasteiger charge is -2.12. The largest absolute Gasteiger partial charge is 0.609 e. The first kappa shape index (κ1) is 22.2. The number of methoxy groups -OCH3 is 1. The predicted molar refractivity (Wildman–Crippen MR) is 116 cm³/mol. The Morgan fingerprint density at radius 2 is 1.90 bits per heavy atom. The number of hydrogen-bond acceptors (Lipinski definition) is 8. The number of carbonyl (C=O) groups excluding carboxylic acids is 1. The molecular weight excluding hydrogens is 423 g/mol. The molecule has 162 valence electrons. The third-order valence-corrected chi connectivity index (χ3v) is 4.70. The van der Waals surface area contributed by atoms with E-state index in [1.54, 1.807) is 36.5 Å². The Morgan fingerprint density at radius 3 is 2.61 bits per heavy atom. The standard InChI is InChI=1S/C20H21FN6O3S/c1-30-19-15(4-3-9-24-19)18(28)23-11-10-22-16-12-17(27-20(26-16)31(2)29)25-14-7-5-13(21)6-8-14/h3-9,12H,10-11H2,1-2H3,(H,23,28)(H2,22,25,26,27). The number of nitrogens with zero attached hydrogens (tertiary/aromatic N) is 3. The van der Waals surface area contributed by atoms with E-state index >= 15 is 0 Å². The molecule has 0 bridgehead atoms. The summed E-state index contributed by atoms with van der Waals surface area (Å²) in [6.45, 7) is 0.656. The highest BCUT2D eigenvalue weighted by Crippen LogP contribution is 2.19. The van der Waals surface area contributed by atoms with Gasteiger partial charge in [-0.25, -0.2) is 9.37 Å². The molecule has 3 N–H and O–H groups in total. The van der Waals surface area contributed by atoms with Gasteiger partial charge in [0.05, 0.1) is 7.11 Å². The van der Waals surface area contributed by atoms with E-state index in [-0.39, 0.29) is 22.8 Å². The lowest BCUT2D eigenvalue weighted by molar-refractivity contribution is 0.0951. The van der Waals surface area contributed by atoms with Crippen molar-refractivity contribution in [2.45, 2.75) is 5.16 Å². The summed E-state index contributed by atoms with van der Waals surface area (Å²) in [7, 11) is 1.45. The van der Waals surface area contributed by atoms with Gasteiger partial charge in [-0.3, -0.25) is 4.79 Å². The smallest absolute Gasteiger partial charge is 0.346 e. The third kappa shape index (κ3) is 6.27. The molecule has 0 aliphatic rings. The van der Waals surface area contributed by atoms with Crippen LogP contribution in [-0.4, -0.2) is 51.9 Å². The number of rotatable bonds is 9. The summed E-state index contributed by atoms with van der Waals surface area (Å²) < 4.78 is 30.1. The minimum absolute atomic E-state index is 0.138. The second kappa shape index (κ2) is 10.5. The molecule has 0 saturated carbocycles. The molecule has 1 amide bonds. The van der Waals surface area contributed by atoms with Gasteiger partial charge in [-0.15, -0.1) is 0 Å². The normalized spacial score (nSPS) is 11.5. The lowest BCUT2D eigenvalue weighted by Crippen LogP contribution is -2.29. The van der Waals surface area contributed by atoms with Gasteiger partial charge in [0.1, 0.15) is 29.3 Å². The SMILES string of the molecule is COc1ncccc1C(=O)NCCNc1cc(Nc2ccc(F)cc2)nc([S+](C)[O-])n1. The van der Waals surface area contributed by atoms with E-state index < -0.39 is 11.2 Å². The second-order valence-electron chi connectivity index (χ2n) is 6.25.